The molecule has 458 valence electrons. The van der Waals surface area contributed by atoms with Crippen molar-refractivity contribution in [2.75, 3.05) is 39.3 Å². The van der Waals surface area contributed by atoms with Crippen LogP contribution in [-0.4, -0.2) is 179 Å². The Hall–Kier alpha value is -7.00. The first-order chi connectivity index (χ1) is 38.4. The second kappa shape index (κ2) is 26.9. The van der Waals surface area contributed by atoms with Gasteiger partial charge in [-0.1, -0.05) is 41.5 Å². The van der Waals surface area contributed by atoms with Gasteiger partial charge in [-0.25, -0.2) is 0 Å². The van der Waals surface area contributed by atoms with Crippen molar-refractivity contribution in [2.24, 2.45) is 94.8 Å². The molecule has 82 heavy (non-hydrogen) atoms. The van der Waals surface area contributed by atoms with Gasteiger partial charge in [0.15, 0.2) is 17.9 Å². The number of amides is 9. The highest BCUT2D eigenvalue weighted by Gasteiger charge is 2.57. The fourth-order valence-corrected chi connectivity index (χ4v) is 12.7. The first-order valence-corrected chi connectivity index (χ1v) is 29.0. The molecule has 6 aliphatic rings. The van der Waals surface area contributed by atoms with Crippen LogP contribution in [0.2, 0.25) is 0 Å². The van der Waals surface area contributed by atoms with E-state index in [2.05, 4.69) is 41.6 Å². The smallest absolute Gasteiger partial charge is 0.243 e. The van der Waals surface area contributed by atoms with Gasteiger partial charge in [-0.2, -0.15) is 0 Å². The van der Waals surface area contributed by atoms with E-state index in [4.69, 9.17) is 45.9 Å². The Bertz CT molecular complexity index is 2490. The molecule has 0 aromatic heterocycles. The maximum Gasteiger partial charge on any atom is 0.243 e. The zero-order chi connectivity index (χ0) is 60.6. The third kappa shape index (κ3) is 15.4. The largest absolute Gasteiger partial charge is 0.370 e. The highest BCUT2D eigenvalue weighted by Crippen LogP contribution is 2.48. The first-order valence-electron chi connectivity index (χ1n) is 29.0. The van der Waals surface area contributed by atoms with Gasteiger partial charge in [0.2, 0.25) is 53.2 Å². The summed E-state index contributed by atoms with van der Waals surface area (Å²) in [5.41, 5.74) is 42.7. The Labute approximate surface area is 480 Å². The van der Waals surface area contributed by atoms with Crippen molar-refractivity contribution in [3.05, 3.63) is 0 Å². The molecule has 3 saturated heterocycles. The summed E-state index contributed by atoms with van der Waals surface area (Å²) in [5, 5.41) is 15.4. The number of unbranched alkanes of at least 4 members (excludes halogenated alkanes) is 3. The van der Waals surface area contributed by atoms with Crippen LogP contribution in [0, 0.1) is 34.0 Å². The number of nitrogens with zero attached hydrogens (tertiary/aromatic N) is 6. The van der Waals surface area contributed by atoms with E-state index in [0.717, 1.165) is 0 Å². The van der Waals surface area contributed by atoms with Crippen LogP contribution in [0.1, 0.15) is 138 Å². The molecular weight excluding hydrogens is 1060 g/mol. The van der Waals surface area contributed by atoms with Crippen LogP contribution in [0.5, 0.6) is 0 Å². The number of primary amides is 1. The number of nitrogens with one attached hydrogen (secondary N) is 5. The monoisotopic (exact) mass is 1150 g/mol. The lowest BCUT2D eigenvalue weighted by Gasteiger charge is -2.51. The molecule has 3 saturated carbocycles. The highest BCUT2D eigenvalue weighted by atomic mass is 16.2. The van der Waals surface area contributed by atoms with Crippen LogP contribution in [0.25, 0.3) is 0 Å². The van der Waals surface area contributed by atoms with Crippen LogP contribution in [0.3, 0.4) is 0 Å². The first kappa shape index (κ1) is 64.2. The summed E-state index contributed by atoms with van der Waals surface area (Å²) in [5.74, 6) is -4.53. The maximum absolute atomic E-state index is 14.3. The molecule has 0 aromatic carbocycles. The zero-order valence-corrected chi connectivity index (χ0v) is 48.8. The molecule has 0 spiro atoms. The van der Waals surface area contributed by atoms with E-state index in [9.17, 15) is 43.2 Å². The van der Waals surface area contributed by atoms with E-state index < -0.39 is 82.8 Å². The molecule has 0 bridgehead atoms. The van der Waals surface area contributed by atoms with Crippen LogP contribution in [0.4, 0.5) is 0 Å². The van der Waals surface area contributed by atoms with E-state index >= 15 is 0 Å². The maximum atomic E-state index is 14.3. The number of hydrogen-bond acceptors (Lipinski definition) is 13. The normalized spacial score (nSPS) is 29.1. The Morgan fingerprint density at radius 3 is 0.988 bits per heavy atom. The van der Waals surface area contributed by atoms with Gasteiger partial charge in [0.1, 0.15) is 18.1 Å². The molecule has 28 heteroatoms. The number of guanidine groups is 3. The summed E-state index contributed by atoms with van der Waals surface area (Å²) in [6.45, 7) is 12.8. The Morgan fingerprint density at radius 1 is 0.402 bits per heavy atom. The summed E-state index contributed by atoms with van der Waals surface area (Å²) in [4.78, 5) is 140. The van der Waals surface area contributed by atoms with Crippen LogP contribution >= 0.6 is 0 Å². The van der Waals surface area contributed by atoms with Crippen LogP contribution < -0.4 is 72.5 Å². The van der Waals surface area contributed by atoms with Crippen LogP contribution in [-0.2, 0) is 43.2 Å². The molecule has 3 aliphatic heterocycles. The minimum absolute atomic E-state index is 0.0406. The lowest BCUT2D eigenvalue weighted by Crippen LogP contribution is -2.64. The quantitative estimate of drug-likeness (QED) is 0.0227. The SMILES string of the molecule is CC1(C)C(NC(=O)[C@@H]2C[C@H](NC(=O)[C@H]3C[C@@H](NC(=O)[C@@H]4C[C@H](NC(=O)[C@H]5C[C@@H](N)C5(C)C)CN4C(=O)CCCCN=C(N)N)C3(C)C)CN2C(=O)CCCCN=C(N)N)C[C@@H]1C(=O)N[C@H]1C[C@@H](C(N)=O)N(C(=O)CCCCN=C(N)N)C1. The van der Waals surface area contributed by atoms with Gasteiger partial charge < -0.3 is 87.2 Å². The van der Waals surface area contributed by atoms with Crippen molar-refractivity contribution in [3.63, 3.8) is 0 Å². The van der Waals surface area contributed by atoms with Crippen LogP contribution in [0.15, 0.2) is 15.0 Å². The summed E-state index contributed by atoms with van der Waals surface area (Å²) in [6, 6.07) is -5.28. The number of aliphatic imine (C=N–C) groups is 3. The highest BCUT2D eigenvalue weighted by molar-refractivity contribution is 5.92. The van der Waals surface area contributed by atoms with E-state index in [-0.39, 0.29) is 141 Å². The molecule has 9 amide bonds. The topological polar surface area (TPSA) is 469 Å². The summed E-state index contributed by atoms with van der Waals surface area (Å²) in [7, 11) is 0. The molecule has 6 fully saturated rings. The lowest BCUT2D eigenvalue weighted by atomic mass is 9.58. The van der Waals surface area contributed by atoms with Gasteiger partial charge >= 0.3 is 0 Å². The van der Waals surface area contributed by atoms with Crippen molar-refractivity contribution in [1.82, 2.24) is 41.3 Å². The van der Waals surface area contributed by atoms with Gasteiger partial charge in [0, 0.05) is 113 Å². The molecule has 3 heterocycles. The van der Waals surface area contributed by atoms with Gasteiger partial charge in [-0.15, -0.1) is 0 Å². The molecular formula is C54H93N19O9. The molecule has 0 radical (unpaired) electrons. The van der Waals surface area contributed by atoms with E-state index in [1.807, 2.05) is 41.5 Å². The number of hydrogen-bond donors (Lipinski definition) is 13. The van der Waals surface area contributed by atoms with E-state index in [1.165, 1.54) is 14.7 Å². The van der Waals surface area contributed by atoms with Crippen molar-refractivity contribution in [1.29, 1.82) is 0 Å². The Morgan fingerprint density at radius 2 is 0.707 bits per heavy atom. The minimum atomic E-state index is -0.943. The third-order valence-electron chi connectivity index (χ3n) is 18.6. The number of rotatable bonds is 26. The van der Waals surface area contributed by atoms with Gasteiger partial charge in [-0.05, 0) is 93.3 Å². The zero-order valence-electron chi connectivity index (χ0n) is 48.8. The second-order valence-electron chi connectivity index (χ2n) is 25.3. The van der Waals surface area contributed by atoms with Gasteiger partial charge in [0.25, 0.3) is 0 Å². The summed E-state index contributed by atoms with van der Waals surface area (Å²) < 4.78 is 0. The minimum Gasteiger partial charge on any atom is -0.370 e. The Kier molecular flexibility index (Phi) is 21.1. The van der Waals surface area contributed by atoms with Crippen molar-refractivity contribution in [3.8, 4) is 0 Å². The number of carbonyl (C=O) groups excluding carboxylic acids is 9. The predicted octanol–water partition coefficient (Wildman–Crippen LogP) is -3.50. The van der Waals surface area contributed by atoms with Crippen molar-refractivity contribution < 1.29 is 43.2 Å². The third-order valence-corrected chi connectivity index (χ3v) is 18.6. The summed E-state index contributed by atoms with van der Waals surface area (Å²) >= 11 is 0. The standard InChI is InChI=1S/C54H93N19O9/c1-52(2)31(22-37(52)55)44(78)67-29-20-35(72(26-29)41(75)14-8-11-17-64-50(59)60)47(81)70-39-24-33(54(39,5)6)46(80)68-30-21-36(73(27-30)42(76)15-9-12-18-65-51(61)62)48(82)69-38-23-32(53(38,3)4)45(79)66-28-19-34(43(56)77)71(25-28)40(74)13-7-10-16-63-49(57)58/h28-39H,7-27,55H2,1-6H3,(H2,56,77)(H,66,79)(H,67,78)(H,68,80)(H,69,82)(H,70,81)(H4,57,58,63)(H4,59,60,64)(H4,61,62,65)/t28-,29-,30-,31+,32+,33+,34-,35-,36-,37+,38?,39+/m0/s1. The number of likely N-dealkylation sites (tertiary alicyclic amines) is 3. The average molecular weight is 1150 g/mol. The molecule has 3 aliphatic carbocycles. The fraction of sp³-hybridized carbons (Fsp3) is 0.778. The predicted molar refractivity (Wildman–Crippen MR) is 306 cm³/mol. The second-order valence-corrected chi connectivity index (χ2v) is 25.3. The molecule has 0 aromatic rings. The fourth-order valence-electron chi connectivity index (χ4n) is 12.7. The molecule has 6 rings (SSSR count). The van der Waals surface area contributed by atoms with E-state index in [1.54, 1.807) is 0 Å². The van der Waals surface area contributed by atoms with Gasteiger partial charge in [-0.3, -0.25) is 58.1 Å². The van der Waals surface area contributed by atoms with Gasteiger partial charge in [0.05, 0.1) is 0 Å². The molecule has 12 atom stereocenters. The number of nitrogens with two attached hydrogens (primary N) is 8. The lowest BCUT2D eigenvalue weighted by molar-refractivity contribution is -0.145. The number of carbonyl (C=O) groups is 9. The summed E-state index contributed by atoms with van der Waals surface area (Å²) in [6.07, 6.45) is 5.07. The Balaban J connectivity index is 1.05. The molecule has 28 nitrogen and oxygen atoms in total. The van der Waals surface area contributed by atoms with Crippen molar-refractivity contribution >= 4 is 71.0 Å². The van der Waals surface area contributed by atoms with E-state index in [0.29, 0.717) is 71.0 Å². The van der Waals surface area contributed by atoms with Crippen molar-refractivity contribution in [2.45, 2.75) is 192 Å². The molecule has 21 N–H and O–H groups in total. The average Bonchev–Trinajstić information content (AvgIpc) is 3.82. The molecule has 1 unspecified atom stereocenters.